The molecule has 2 saturated heterocycles. The summed E-state index contributed by atoms with van der Waals surface area (Å²) in [6.45, 7) is 15.7. The van der Waals surface area contributed by atoms with Crippen LogP contribution in [-0.4, -0.2) is 67.5 Å². The molecule has 4 N–H and O–H groups in total. The quantitative estimate of drug-likeness (QED) is 0.293. The third-order valence-electron chi connectivity index (χ3n) is 4.77. The van der Waals surface area contributed by atoms with E-state index in [4.69, 9.17) is 0 Å². The summed E-state index contributed by atoms with van der Waals surface area (Å²) in [4.78, 5) is 0. The molecule has 126 valence electrons. The Labute approximate surface area is 141 Å². The predicted molar refractivity (Wildman–Crippen MR) is 86.4 cm³/mol. The maximum absolute atomic E-state index is 9.33. The van der Waals surface area contributed by atoms with Gasteiger partial charge in [-0.15, -0.1) is 0 Å². The Kier molecular flexibility index (Phi) is 9.42. The molecule has 2 fully saturated rings. The van der Waals surface area contributed by atoms with E-state index in [1.54, 1.807) is 0 Å². The van der Waals surface area contributed by atoms with E-state index in [9.17, 15) is 20.4 Å². The Morgan fingerprint density at radius 3 is 0.762 bits per heavy atom. The molecule has 2 heterocycles. The van der Waals surface area contributed by atoms with Gasteiger partial charge in [0, 0.05) is 0 Å². The van der Waals surface area contributed by atoms with Crippen molar-refractivity contribution in [1.29, 1.82) is 0 Å². The minimum absolute atomic E-state index is 0. The molecule has 0 unspecified atom stereocenters. The summed E-state index contributed by atoms with van der Waals surface area (Å²) in [6.07, 6.45) is -2.17. The molecule has 21 heavy (non-hydrogen) atoms. The van der Waals surface area contributed by atoms with Crippen LogP contribution in [0.5, 0.6) is 0 Å². The molecule has 0 aliphatic carbocycles. The average Bonchev–Trinajstić information content (AvgIpc) is 2.71. The van der Waals surface area contributed by atoms with E-state index in [1.807, 2.05) is 27.7 Å². The van der Waals surface area contributed by atoms with E-state index in [0.29, 0.717) is 0 Å². The molecule has 2 aliphatic rings. The van der Waals surface area contributed by atoms with Crippen molar-refractivity contribution in [3.63, 3.8) is 0 Å². The van der Waals surface area contributed by atoms with Crippen molar-refractivity contribution >= 4 is 15.8 Å². The summed E-state index contributed by atoms with van der Waals surface area (Å²) in [7, 11) is -0.832. The first kappa shape index (κ1) is 22.2. The van der Waals surface area contributed by atoms with E-state index >= 15 is 0 Å². The zero-order chi connectivity index (χ0) is 15.8. The molecule has 7 heteroatoms. The van der Waals surface area contributed by atoms with Gasteiger partial charge in [0.1, 0.15) is 0 Å². The molecule has 4 nitrogen and oxygen atoms in total. The number of rotatable bonds is 0. The Morgan fingerprint density at radius 1 is 0.571 bits per heavy atom. The monoisotopic (exact) mass is 378 g/mol. The normalized spacial score (nSPS) is 52.9. The number of aliphatic hydroxyl groups excluding tert-OH is 4. The first-order chi connectivity index (χ1) is 9.11. The fraction of sp³-hybridized carbons (Fsp3) is 0.857. The van der Waals surface area contributed by atoms with Gasteiger partial charge in [-0.1, -0.05) is 27.7 Å². The molecule has 0 bridgehead atoms. The number of hydrogen-bond acceptors (Lipinski definition) is 4. The molecule has 0 aromatic heterocycles. The third kappa shape index (κ3) is 4.61. The van der Waals surface area contributed by atoms with Gasteiger partial charge in [-0.2, -0.15) is 0 Å². The first-order valence-electron chi connectivity index (χ1n) is 7.01. The standard InChI is InChI=1S/2C7H14O2P.Fe/c2*1-4-6(8)7(9)5(2)10(4)3;/h2*4-9H,3H2,1-2H3;/q2*-1;+2/t2*4-,5-,6+,7+;/m11./s1. The van der Waals surface area contributed by atoms with Gasteiger partial charge >= 0.3 is 17.1 Å². The van der Waals surface area contributed by atoms with Gasteiger partial charge in [-0.25, -0.2) is 0 Å². The zero-order valence-electron chi connectivity index (χ0n) is 13.1. The van der Waals surface area contributed by atoms with E-state index in [0.717, 1.165) is 0 Å². The Hall–Kier alpha value is 1.22. The minimum atomic E-state index is -0.543. The molecule has 8 atom stereocenters. The molecule has 2 rings (SSSR count). The fourth-order valence-corrected chi connectivity index (χ4v) is 6.43. The molecule has 0 spiro atoms. The van der Waals surface area contributed by atoms with Crippen LogP contribution in [0.25, 0.3) is 0 Å². The van der Waals surface area contributed by atoms with Crippen LogP contribution < -0.4 is 0 Å². The zero-order valence-corrected chi connectivity index (χ0v) is 16.0. The minimum Gasteiger partial charge on any atom is -0.390 e. The van der Waals surface area contributed by atoms with E-state index < -0.39 is 40.3 Å². The molecular formula is C14H28FeO4P2. The fourth-order valence-electron chi connectivity index (χ4n) is 2.67. The topological polar surface area (TPSA) is 80.9 Å². The predicted octanol–water partition coefficient (Wildman–Crippen LogP) is 1.54. The Balaban J connectivity index is 0.000000364. The summed E-state index contributed by atoms with van der Waals surface area (Å²) in [5, 5.41) is 37.3. The SMILES string of the molecule is [CH2-]P1[C@H](C)[C@H](O)[C@@H](O)[C@H]1C.[CH2-]P1[C@H](C)[C@H](O)[C@@H](O)[C@H]1C.[Fe+2]. The van der Waals surface area contributed by atoms with E-state index in [1.165, 1.54) is 0 Å². The first-order valence-corrected chi connectivity index (χ1v) is 10.3. The van der Waals surface area contributed by atoms with Gasteiger partial charge in [-0.3, -0.25) is 15.8 Å². The van der Waals surface area contributed by atoms with Crippen LogP contribution in [0.4, 0.5) is 0 Å². The summed E-state index contributed by atoms with van der Waals surface area (Å²) in [5.74, 6) is 0. The summed E-state index contributed by atoms with van der Waals surface area (Å²) >= 11 is 0. The summed E-state index contributed by atoms with van der Waals surface area (Å²) in [6, 6.07) is 0. The van der Waals surface area contributed by atoms with Crippen molar-refractivity contribution in [3.8, 4) is 0 Å². The van der Waals surface area contributed by atoms with Crippen molar-refractivity contribution in [2.24, 2.45) is 0 Å². The molecule has 0 radical (unpaired) electrons. The average molecular weight is 378 g/mol. The van der Waals surface area contributed by atoms with Gasteiger partial charge in [0.2, 0.25) is 0 Å². The van der Waals surface area contributed by atoms with Gasteiger partial charge < -0.3 is 33.8 Å². The van der Waals surface area contributed by atoms with Gasteiger partial charge in [-0.05, 0) is 22.6 Å². The van der Waals surface area contributed by atoms with E-state index in [2.05, 4.69) is 13.3 Å². The molecular weight excluding hydrogens is 350 g/mol. The van der Waals surface area contributed by atoms with Crippen molar-refractivity contribution in [2.75, 3.05) is 0 Å². The molecule has 0 amide bonds. The van der Waals surface area contributed by atoms with Gasteiger partial charge in [0.15, 0.2) is 0 Å². The van der Waals surface area contributed by atoms with Crippen LogP contribution in [0.3, 0.4) is 0 Å². The van der Waals surface area contributed by atoms with Gasteiger partial charge in [0.25, 0.3) is 0 Å². The van der Waals surface area contributed by atoms with E-state index in [-0.39, 0.29) is 39.7 Å². The van der Waals surface area contributed by atoms with Crippen LogP contribution in [0.15, 0.2) is 0 Å². The van der Waals surface area contributed by atoms with Crippen LogP contribution in [0, 0.1) is 13.3 Å². The number of hydrogen-bond donors (Lipinski definition) is 4. The van der Waals surface area contributed by atoms with Crippen LogP contribution in [-0.2, 0) is 17.1 Å². The summed E-state index contributed by atoms with van der Waals surface area (Å²) < 4.78 is 0. The smallest absolute Gasteiger partial charge is 0.390 e. The molecule has 0 aromatic carbocycles. The summed E-state index contributed by atoms with van der Waals surface area (Å²) in [5.41, 5.74) is 0.778. The largest absolute Gasteiger partial charge is 2.00 e. The van der Waals surface area contributed by atoms with Crippen LogP contribution >= 0.6 is 15.8 Å². The van der Waals surface area contributed by atoms with Crippen molar-refractivity contribution in [2.45, 2.75) is 74.7 Å². The maximum atomic E-state index is 9.33. The Bertz CT molecular complexity index is 204. The second-order valence-corrected chi connectivity index (χ2v) is 11.3. The van der Waals surface area contributed by atoms with Crippen molar-refractivity contribution < 1.29 is 37.5 Å². The second-order valence-electron chi connectivity index (χ2n) is 5.95. The van der Waals surface area contributed by atoms with Gasteiger partial charge in [0.05, 0.1) is 24.4 Å². The third-order valence-corrected chi connectivity index (χ3v) is 10.2. The van der Waals surface area contributed by atoms with Crippen molar-refractivity contribution in [1.82, 2.24) is 0 Å². The van der Waals surface area contributed by atoms with Crippen LogP contribution in [0.2, 0.25) is 0 Å². The van der Waals surface area contributed by atoms with Crippen molar-refractivity contribution in [3.05, 3.63) is 13.3 Å². The maximum Gasteiger partial charge on any atom is 2.00 e. The molecule has 0 saturated carbocycles. The molecule has 0 aromatic rings. The Morgan fingerprint density at radius 2 is 0.714 bits per heavy atom. The number of aliphatic hydroxyl groups is 4. The molecule has 2 aliphatic heterocycles. The second kappa shape index (κ2) is 8.90. The van der Waals surface area contributed by atoms with Crippen LogP contribution in [0.1, 0.15) is 27.7 Å².